The Hall–Kier alpha value is -2.25. The van der Waals surface area contributed by atoms with Crippen LogP contribution in [0, 0.1) is 12.7 Å². The number of hydrogen-bond acceptors (Lipinski definition) is 6. The molecule has 3 heterocycles. The van der Waals surface area contributed by atoms with E-state index >= 15 is 0 Å². The van der Waals surface area contributed by atoms with Crippen LogP contribution < -0.4 is 4.74 Å². The summed E-state index contributed by atoms with van der Waals surface area (Å²) in [6.07, 6.45) is 2.15. The van der Waals surface area contributed by atoms with Gasteiger partial charge in [0.05, 0.1) is 10.8 Å². The van der Waals surface area contributed by atoms with Crippen molar-refractivity contribution in [3.8, 4) is 16.5 Å². The zero-order valence-electron chi connectivity index (χ0n) is 15.2. The minimum absolute atomic E-state index is 0.252. The first-order chi connectivity index (χ1) is 13.2. The van der Waals surface area contributed by atoms with Crippen LogP contribution >= 0.6 is 11.3 Å². The third-order valence-corrected chi connectivity index (χ3v) is 5.73. The quantitative estimate of drug-likeness (QED) is 0.623. The van der Waals surface area contributed by atoms with Crippen LogP contribution in [0.15, 0.2) is 40.8 Å². The van der Waals surface area contributed by atoms with E-state index in [1.54, 1.807) is 23.5 Å². The van der Waals surface area contributed by atoms with Gasteiger partial charge in [0.15, 0.2) is 0 Å². The van der Waals surface area contributed by atoms with Crippen molar-refractivity contribution in [2.24, 2.45) is 0 Å². The standard InChI is InChI=1S/C20H22FN3O2S/c1-14-4-9-18(27-14)20-23-22-19(26-20)15-3-2-10-24(13-15)11-12-25-17-7-5-16(21)6-8-17/h4-9,15H,2-3,10-13H2,1H3. The number of thiophene rings is 1. The fraction of sp³-hybridized carbons (Fsp3) is 0.400. The van der Waals surface area contributed by atoms with Crippen LogP contribution in [0.3, 0.4) is 0 Å². The van der Waals surface area contributed by atoms with Crippen molar-refractivity contribution in [2.75, 3.05) is 26.2 Å². The second-order valence-corrected chi connectivity index (χ2v) is 8.09. The van der Waals surface area contributed by atoms with Gasteiger partial charge in [-0.1, -0.05) is 0 Å². The maximum absolute atomic E-state index is 12.9. The molecule has 142 valence electrons. The number of benzene rings is 1. The molecule has 0 spiro atoms. The van der Waals surface area contributed by atoms with E-state index in [9.17, 15) is 4.39 Å². The summed E-state index contributed by atoms with van der Waals surface area (Å²) >= 11 is 1.66. The predicted molar refractivity (Wildman–Crippen MR) is 103 cm³/mol. The summed E-state index contributed by atoms with van der Waals surface area (Å²) in [6, 6.07) is 10.2. The van der Waals surface area contributed by atoms with Gasteiger partial charge in [0.1, 0.15) is 18.2 Å². The predicted octanol–water partition coefficient (Wildman–Crippen LogP) is 4.50. The van der Waals surface area contributed by atoms with E-state index in [4.69, 9.17) is 9.15 Å². The topological polar surface area (TPSA) is 51.4 Å². The number of piperidine rings is 1. The van der Waals surface area contributed by atoms with Gasteiger partial charge in [0.25, 0.3) is 5.89 Å². The van der Waals surface area contributed by atoms with Crippen molar-refractivity contribution in [1.82, 2.24) is 15.1 Å². The first-order valence-corrected chi connectivity index (χ1v) is 10.00. The lowest BCUT2D eigenvalue weighted by molar-refractivity contribution is 0.161. The van der Waals surface area contributed by atoms with E-state index < -0.39 is 0 Å². The third-order valence-electron chi connectivity index (χ3n) is 4.74. The molecule has 1 atom stereocenters. The summed E-state index contributed by atoms with van der Waals surface area (Å²) in [5.74, 6) is 2.03. The highest BCUT2D eigenvalue weighted by Crippen LogP contribution is 2.31. The van der Waals surface area contributed by atoms with Gasteiger partial charge in [-0.3, -0.25) is 4.90 Å². The molecule has 1 aliphatic rings. The lowest BCUT2D eigenvalue weighted by Crippen LogP contribution is -2.37. The molecule has 4 rings (SSSR count). The number of hydrogen-bond donors (Lipinski definition) is 0. The lowest BCUT2D eigenvalue weighted by atomic mass is 9.98. The van der Waals surface area contributed by atoms with E-state index in [2.05, 4.69) is 28.1 Å². The van der Waals surface area contributed by atoms with Crippen LogP contribution in [0.25, 0.3) is 10.8 Å². The van der Waals surface area contributed by atoms with Gasteiger partial charge in [-0.25, -0.2) is 4.39 Å². The van der Waals surface area contributed by atoms with Gasteiger partial charge in [-0.2, -0.15) is 0 Å². The molecule has 2 aromatic heterocycles. The van der Waals surface area contributed by atoms with Gasteiger partial charge in [-0.15, -0.1) is 21.5 Å². The van der Waals surface area contributed by atoms with Crippen LogP contribution in [0.1, 0.15) is 29.5 Å². The number of ether oxygens (including phenoxy) is 1. The van der Waals surface area contributed by atoms with E-state index in [-0.39, 0.29) is 11.7 Å². The highest BCUT2D eigenvalue weighted by Gasteiger charge is 2.26. The number of nitrogens with zero attached hydrogens (tertiary/aromatic N) is 3. The second kappa shape index (κ2) is 8.19. The molecule has 0 N–H and O–H groups in total. The fourth-order valence-corrected chi connectivity index (χ4v) is 4.12. The number of aromatic nitrogens is 2. The van der Waals surface area contributed by atoms with Gasteiger partial charge in [0.2, 0.25) is 5.89 Å². The van der Waals surface area contributed by atoms with Gasteiger partial charge in [0, 0.05) is 18.0 Å². The SMILES string of the molecule is Cc1ccc(-c2nnc(C3CCCN(CCOc4ccc(F)cc4)C3)o2)s1. The Morgan fingerprint density at radius 3 is 2.85 bits per heavy atom. The molecule has 3 aromatic rings. The average Bonchev–Trinajstić information content (AvgIpc) is 3.33. The smallest absolute Gasteiger partial charge is 0.257 e. The maximum Gasteiger partial charge on any atom is 0.257 e. The second-order valence-electron chi connectivity index (χ2n) is 6.80. The van der Waals surface area contributed by atoms with Crippen LogP contribution in [-0.2, 0) is 0 Å². The Morgan fingerprint density at radius 2 is 2.07 bits per heavy atom. The van der Waals surface area contributed by atoms with Crippen LogP contribution in [-0.4, -0.2) is 41.3 Å². The Morgan fingerprint density at radius 1 is 1.22 bits per heavy atom. The molecule has 0 radical (unpaired) electrons. The average molecular weight is 387 g/mol. The minimum Gasteiger partial charge on any atom is -0.492 e. The number of rotatable bonds is 6. The summed E-state index contributed by atoms with van der Waals surface area (Å²) < 4.78 is 24.6. The third kappa shape index (κ3) is 4.54. The van der Waals surface area contributed by atoms with Gasteiger partial charge < -0.3 is 9.15 Å². The molecule has 27 heavy (non-hydrogen) atoms. The zero-order chi connectivity index (χ0) is 18.6. The normalized spacial score (nSPS) is 17.9. The van der Waals surface area contributed by atoms with Crippen molar-refractivity contribution in [1.29, 1.82) is 0 Å². The first-order valence-electron chi connectivity index (χ1n) is 9.18. The molecule has 1 saturated heterocycles. The summed E-state index contributed by atoms with van der Waals surface area (Å²) in [4.78, 5) is 4.61. The van der Waals surface area contributed by atoms with Crippen LogP contribution in [0.5, 0.6) is 5.75 Å². The summed E-state index contributed by atoms with van der Waals surface area (Å²) in [6.45, 7) is 5.38. The van der Waals surface area contributed by atoms with Crippen molar-refractivity contribution >= 4 is 11.3 Å². The highest BCUT2D eigenvalue weighted by molar-refractivity contribution is 7.15. The molecule has 1 fully saturated rings. The fourth-order valence-electron chi connectivity index (χ4n) is 3.33. The summed E-state index contributed by atoms with van der Waals surface area (Å²) in [5.41, 5.74) is 0. The van der Waals surface area contributed by atoms with E-state index in [1.165, 1.54) is 17.0 Å². The number of halogens is 1. The molecule has 1 unspecified atom stereocenters. The number of likely N-dealkylation sites (tertiary alicyclic amines) is 1. The molecule has 0 amide bonds. The van der Waals surface area contributed by atoms with E-state index in [0.717, 1.165) is 43.2 Å². The molecular weight excluding hydrogens is 365 g/mol. The van der Waals surface area contributed by atoms with Gasteiger partial charge >= 0.3 is 0 Å². The lowest BCUT2D eigenvalue weighted by Gasteiger charge is -2.30. The van der Waals surface area contributed by atoms with Crippen molar-refractivity contribution in [2.45, 2.75) is 25.7 Å². The molecule has 0 aliphatic carbocycles. The van der Waals surface area contributed by atoms with Crippen molar-refractivity contribution in [3.63, 3.8) is 0 Å². The van der Waals surface area contributed by atoms with Gasteiger partial charge in [-0.05, 0) is 62.7 Å². The Kier molecular flexibility index (Phi) is 5.50. The summed E-state index contributed by atoms with van der Waals surface area (Å²) in [5, 5.41) is 8.52. The van der Waals surface area contributed by atoms with Crippen molar-refractivity contribution in [3.05, 3.63) is 53.0 Å². The molecule has 1 aromatic carbocycles. The first kappa shape index (κ1) is 18.1. The molecule has 7 heteroatoms. The van der Waals surface area contributed by atoms with Crippen LogP contribution in [0.4, 0.5) is 4.39 Å². The van der Waals surface area contributed by atoms with Crippen molar-refractivity contribution < 1.29 is 13.5 Å². The molecule has 5 nitrogen and oxygen atoms in total. The van der Waals surface area contributed by atoms with Crippen LogP contribution in [0.2, 0.25) is 0 Å². The summed E-state index contributed by atoms with van der Waals surface area (Å²) in [7, 11) is 0. The Balaban J connectivity index is 1.31. The largest absolute Gasteiger partial charge is 0.492 e. The molecule has 0 bridgehead atoms. The Bertz CT molecular complexity index is 877. The monoisotopic (exact) mass is 387 g/mol. The van der Waals surface area contributed by atoms with E-state index in [1.807, 2.05) is 6.07 Å². The molecule has 1 aliphatic heterocycles. The zero-order valence-corrected chi connectivity index (χ0v) is 16.0. The van der Waals surface area contributed by atoms with E-state index in [0.29, 0.717) is 18.2 Å². The minimum atomic E-state index is -0.252. The highest BCUT2D eigenvalue weighted by atomic mass is 32.1. The number of aryl methyl sites for hydroxylation is 1. The Labute approximate surface area is 161 Å². The molecular formula is C20H22FN3O2S. The molecule has 0 saturated carbocycles. The maximum atomic E-state index is 12.9.